The minimum absolute atomic E-state index is 0.0111. The van der Waals surface area contributed by atoms with E-state index in [1.807, 2.05) is 13.0 Å². The van der Waals surface area contributed by atoms with Crippen LogP contribution < -0.4 is 0 Å². The Morgan fingerprint density at radius 3 is 2.79 bits per heavy atom. The Balaban J connectivity index is 1.91. The van der Waals surface area contributed by atoms with E-state index in [0.717, 1.165) is 25.7 Å². The van der Waals surface area contributed by atoms with E-state index in [1.165, 1.54) is 16.6 Å². The van der Waals surface area contributed by atoms with Gasteiger partial charge in [0.1, 0.15) is 11.0 Å². The molecule has 0 N–H and O–H groups in total. The molecule has 0 saturated heterocycles. The molecular weight excluding hydrogens is 326 g/mol. The maximum Gasteiger partial charge on any atom is 0.245 e. The molecule has 6 nitrogen and oxygen atoms in total. The summed E-state index contributed by atoms with van der Waals surface area (Å²) in [6.45, 7) is 2.63. The summed E-state index contributed by atoms with van der Waals surface area (Å²) in [7, 11) is -2.13. The van der Waals surface area contributed by atoms with Crippen LogP contribution in [-0.2, 0) is 14.8 Å². The van der Waals surface area contributed by atoms with Crippen molar-refractivity contribution in [3.63, 3.8) is 0 Å². The molecule has 2 aliphatic rings. The van der Waals surface area contributed by atoms with E-state index in [4.69, 9.17) is 4.74 Å². The highest BCUT2D eigenvalue weighted by Gasteiger charge is 2.59. The molecular formula is C17H23N3O3S. The summed E-state index contributed by atoms with van der Waals surface area (Å²) in [5, 5.41) is 9.17. The van der Waals surface area contributed by atoms with Crippen molar-refractivity contribution in [3.05, 3.63) is 24.0 Å². The third-order valence-electron chi connectivity index (χ3n) is 5.62. The highest BCUT2D eigenvalue weighted by atomic mass is 32.2. The Morgan fingerprint density at radius 2 is 2.17 bits per heavy atom. The van der Waals surface area contributed by atoms with Crippen LogP contribution in [0.3, 0.4) is 0 Å². The zero-order valence-corrected chi connectivity index (χ0v) is 14.9. The first kappa shape index (κ1) is 17.3. The smallest absolute Gasteiger partial charge is 0.245 e. The fraction of sp³-hybridized carbons (Fsp3) is 0.647. The maximum atomic E-state index is 13.0. The van der Waals surface area contributed by atoms with Crippen LogP contribution in [-0.4, -0.2) is 43.5 Å². The van der Waals surface area contributed by atoms with Crippen LogP contribution in [0, 0.1) is 16.7 Å². The molecule has 1 aromatic rings. The van der Waals surface area contributed by atoms with Crippen molar-refractivity contribution in [1.29, 1.82) is 5.26 Å². The largest absolute Gasteiger partial charge is 0.378 e. The lowest BCUT2D eigenvalue weighted by Gasteiger charge is -2.56. The third-order valence-corrected chi connectivity index (χ3v) is 7.52. The van der Waals surface area contributed by atoms with Crippen LogP contribution in [0.2, 0.25) is 0 Å². The fourth-order valence-corrected chi connectivity index (χ4v) is 5.90. The van der Waals surface area contributed by atoms with Gasteiger partial charge in [0.2, 0.25) is 10.0 Å². The zero-order chi connectivity index (χ0) is 17.4. The molecule has 24 heavy (non-hydrogen) atoms. The summed E-state index contributed by atoms with van der Waals surface area (Å²) in [5.74, 6) is 0. The van der Waals surface area contributed by atoms with Gasteiger partial charge in [-0.2, -0.15) is 9.57 Å². The summed E-state index contributed by atoms with van der Waals surface area (Å²) in [4.78, 5) is 3.88. The van der Waals surface area contributed by atoms with E-state index >= 15 is 0 Å². The van der Waals surface area contributed by atoms with E-state index in [-0.39, 0.29) is 28.2 Å². The van der Waals surface area contributed by atoms with Gasteiger partial charge >= 0.3 is 0 Å². The van der Waals surface area contributed by atoms with Crippen molar-refractivity contribution in [2.45, 2.75) is 56.1 Å². The third kappa shape index (κ3) is 2.53. The van der Waals surface area contributed by atoms with Crippen molar-refractivity contribution >= 4 is 10.0 Å². The van der Waals surface area contributed by atoms with Gasteiger partial charge in [0, 0.05) is 31.3 Å². The zero-order valence-electron chi connectivity index (χ0n) is 14.1. The Kier molecular flexibility index (Phi) is 4.65. The summed E-state index contributed by atoms with van der Waals surface area (Å²) in [6, 6.07) is 4.81. The molecule has 2 atom stereocenters. The van der Waals surface area contributed by atoms with Crippen LogP contribution in [0.4, 0.5) is 0 Å². The number of sulfonamides is 1. The molecule has 130 valence electrons. The van der Waals surface area contributed by atoms with Crippen LogP contribution in [0.5, 0.6) is 0 Å². The van der Waals surface area contributed by atoms with Gasteiger partial charge in [0.05, 0.1) is 6.10 Å². The first-order chi connectivity index (χ1) is 11.5. The Morgan fingerprint density at radius 1 is 1.46 bits per heavy atom. The highest BCUT2D eigenvalue weighted by molar-refractivity contribution is 7.89. The second-order valence-corrected chi connectivity index (χ2v) is 8.58. The number of pyridine rings is 1. The lowest BCUT2D eigenvalue weighted by molar-refractivity contribution is -0.145. The summed E-state index contributed by atoms with van der Waals surface area (Å²) < 4.78 is 33.4. The molecule has 0 bridgehead atoms. The van der Waals surface area contributed by atoms with E-state index in [0.29, 0.717) is 13.0 Å². The number of nitrogens with zero attached hydrogens (tertiary/aromatic N) is 3. The summed E-state index contributed by atoms with van der Waals surface area (Å²) in [6.07, 6.45) is 6.52. The molecule has 2 fully saturated rings. The van der Waals surface area contributed by atoms with Crippen LogP contribution in [0.15, 0.2) is 23.2 Å². The number of nitriles is 1. The lowest BCUT2D eigenvalue weighted by Crippen LogP contribution is -2.63. The molecule has 0 aromatic carbocycles. The van der Waals surface area contributed by atoms with Crippen molar-refractivity contribution in [3.8, 4) is 6.07 Å². The predicted octanol–water partition coefficient (Wildman–Crippen LogP) is 2.31. The summed E-state index contributed by atoms with van der Waals surface area (Å²) in [5.41, 5.74) is -0.127. The number of ether oxygens (including phenoxy) is 1. The number of hydrogen-bond acceptors (Lipinski definition) is 5. The maximum absolute atomic E-state index is 13.0. The molecule has 1 heterocycles. The average Bonchev–Trinajstić information content (AvgIpc) is 3.10. The first-order valence-electron chi connectivity index (χ1n) is 8.42. The van der Waals surface area contributed by atoms with Crippen LogP contribution >= 0.6 is 0 Å². The Hall–Kier alpha value is -1.49. The fourth-order valence-electron chi connectivity index (χ4n) is 4.37. The second kappa shape index (κ2) is 6.43. The molecule has 0 unspecified atom stereocenters. The van der Waals surface area contributed by atoms with Crippen LogP contribution in [0.25, 0.3) is 0 Å². The SMILES string of the molecule is CCO[C@H]1C[C@H](N(C)S(=O)(=O)c2cccnc2C#N)C12CCCC2. The molecule has 3 rings (SSSR count). The molecule has 0 aliphatic heterocycles. The standard InChI is InChI=1S/C17H23N3O3S/c1-3-23-16-11-15(17(16)8-4-5-9-17)20(2)24(21,22)14-7-6-10-19-13(14)12-18/h6-7,10,15-16H,3-5,8-9,11H2,1-2H3/t15-,16-/m0/s1. The predicted molar refractivity (Wildman–Crippen MR) is 88.6 cm³/mol. The molecule has 1 spiro atoms. The van der Waals surface area contributed by atoms with Gasteiger partial charge in [-0.25, -0.2) is 13.4 Å². The minimum Gasteiger partial charge on any atom is -0.378 e. The highest BCUT2D eigenvalue weighted by Crippen LogP contribution is 2.57. The monoisotopic (exact) mass is 349 g/mol. The quantitative estimate of drug-likeness (QED) is 0.814. The van der Waals surface area contributed by atoms with Crippen molar-refractivity contribution in [2.75, 3.05) is 13.7 Å². The molecule has 0 radical (unpaired) electrons. The Labute approximate surface area is 143 Å². The van der Waals surface area contributed by atoms with Gasteiger partial charge in [-0.15, -0.1) is 0 Å². The van der Waals surface area contributed by atoms with Crippen molar-refractivity contribution < 1.29 is 13.2 Å². The molecule has 7 heteroatoms. The van der Waals surface area contributed by atoms with Gasteiger partial charge < -0.3 is 4.74 Å². The molecule has 0 amide bonds. The van der Waals surface area contributed by atoms with Gasteiger partial charge in [-0.3, -0.25) is 0 Å². The number of aromatic nitrogens is 1. The Bertz CT molecular complexity index is 751. The number of rotatable bonds is 5. The molecule has 2 saturated carbocycles. The lowest BCUT2D eigenvalue weighted by atomic mass is 9.60. The molecule has 2 aliphatic carbocycles. The normalized spacial score (nSPS) is 25.6. The van der Waals surface area contributed by atoms with Gasteiger partial charge in [0.15, 0.2) is 5.69 Å². The van der Waals surface area contributed by atoms with E-state index in [1.54, 1.807) is 13.1 Å². The minimum atomic E-state index is -3.75. The van der Waals surface area contributed by atoms with E-state index in [9.17, 15) is 13.7 Å². The van der Waals surface area contributed by atoms with Gasteiger partial charge in [-0.1, -0.05) is 12.8 Å². The first-order valence-corrected chi connectivity index (χ1v) is 9.86. The topological polar surface area (TPSA) is 83.3 Å². The van der Waals surface area contributed by atoms with Crippen molar-refractivity contribution in [1.82, 2.24) is 9.29 Å². The van der Waals surface area contributed by atoms with E-state index in [2.05, 4.69) is 4.98 Å². The average molecular weight is 349 g/mol. The number of hydrogen-bond donors (Lipinski definition) is 0. The molecule has 1 aromatic heterocycles. The van der Waals surface area contributed by atoms with Crippen molar-refractivity contribution in [2.24, 2.45) is 5.41 Å². The summed E-state index contributed by atoms with van der Waals surface area (Å²) >= 11 is 0. The van der Waals surface area contributed by atoms with Gasteiger partial charge in [-0.05, 0) is 38.3 Å². The van der Waals surface area contributed by atoms with Gasteiger partial charge in [0.25, 0.3) is 0 Å². The van der Waals surface area contributed by atoms with E-state index < -0.39 is 10.0 Å². The second-order valence-electron chi connectivity index (χ2n) is 6.62. The van der Waals surface area contributed by atoms with Crippen LogP contribution in [0.1, 0.15) is 44.7 Å².